The van der Waals surface area contributed by atoms with Gasteiger partial charge in [0.1, 0.15) is 10.6 Å². The number of hydrogen-bond acceptors (Lipinski definition) is 3. The largest absolute Gasteiger partial charge is 0.285 e. The first-order valence-corrected chi connectivity index (χ1v) is 14.7. The minimum atomic E-state index is 0.728. The van der Waals surface area contributed by atoms with E-state index in [4.69, 9.17) is 9.97 Å². The summed E-state index contributed by atoms with van der Waals surface area (Å²) in [6, 6.07) is 43.0. The zero-order valence-corrected chi connectivity index (χ0v) is 23.1. The Kier molecular flexibility index (Phi) is 4.69. The highest BCUT2D eigenvalue weighted by Gasteiger charge is 2.30. The van der Waals surface area contributed by atoms with Gasteiger partial charge < -0.3 is 0 Å². The molecule has 0 saturated heterocycles. The van der Waals surface area contributed by atoms with Gasteiger partial charge in [-0.1, -0.05) is 109 Å². The standard InChI is InChI=1S/C37H23N3S/c1-22-11-5-6-16-25(22)29-21-31(39-36(38-29)24-12-3-2-4-13-24)40-30-20-8-7-17-26(30)34-33-27-18-9-14-23-15-10-19-28(32(23)27)35(33)41-37(34)40/h2-21H,1H3. The topological polar surface area (TPSA) is 30.7 Å². The third-order valence-corrected chi connectivity index (χ3v) is 9.53. The third kappa shape index (κ3) is 3.19. The van der Waals surface area contributed by atoms with E-state index in [1.807, 2.05) is 29.5 Å². The fourth-order valence-electron chi connectivity index (χ4n) is 6.49. The summed E-state index contributed by atoms with van der Waals surface area (Å²) in [6.45, 7) is 2.14. The van der Waals surface area contributed by atoms with E-state index in [0.717, 1.165) is 34.0 Å². The molecule has 3 heterocycles. The quantitative estimate of drug-likeness (QED) is 0.223. The highest BCUT2D eigenvalue weighted by molar-refractivity contribution is 7.23. The summed E-state index contributed by atoms with van der Waals surface area (Å²) in [5.74, 6) is 1.61. The molecule has 4 heteroatoms. The van der Waals surface area contributed by atoms with E-state index in [9.17, 15) is 0 Å². The second kappa shape index (κ2) is 8.47. The molecule has 0 bridgehead atoms. The average molecular weight is 542 g/mol. The Bertz CT molecular complexity index is 2320. The van der Waals surface area contributed by atoms with Crippen molar-refractivity contribution in [3.05, 3.63) is 127 Å². The van der Waals surface area contributed by atoms with Crippen molar-refractivity contribution in [2.75, 3.05) is 0 Å². The van der Waals surface area contributed by atoms with E-state index in [1.165, 1.54) is 53.5 Å². The summed E-state index contributed by atoms with van der Waals surface area (Å²) in [6.07, 6.45) is 0. The van der Waals surface area contributed by atoms with E-state index < -0.39 is 0 Å². The number of aryl methyl sites for hydroxylation is 1. The molecule has 192 valence electrons. The van der Waals surface area contributed by atoms with Crippen LogP contribution in [0.25, 0.3) is 81.9 Å². The maximum Gasteiger partial charge on any atom is 0.162 e. The van der Waals surface area contributed by atoms with E-state index in [1.54, 1.807) is 0 Å². The van der Waals surface area contributed by atoms with Crippen LogP contribution in [0.5, 0.6) is 0 Å². The first-order valence-electron chi connectivity index (χ1n) is 13.9. The smallest absolute Gasteiger partial charge is 0.162 e. The van der Waals surface area contributed by atoms with Gasteiger partial charge >= 0.3 is 0 Å². The van der Waals surface area contributed by atoms with Crippen LogP contribution in [-0.2, 0) is 0 Å². The fourth-order valence-corrected chi connectivity index (χ4v) is 7.88. The van der Waals surface area contributed by atoms with Gasteiger partial charge in [0, 0.05) is 44.0 Å². The summed E-state index contributed by atoms with van der Waals surface area (Å²) >= 11 is 1.87. The van der Waals surface area contributed by atoms with Crippen LogP contribution >= 0.6 is 11.3 Å². The van der Waals surface area contributed by atoms with Crippen molar-refractivity contribution in [1.29, 1.82) is 0 Å². The Hall–Kier alpha value is -5.06. The number of para-hydroxylation sites is 1. The van der Waals surface area contributed by atoms with Crippen LogP contribution in [0, 0.1) is 6.92 Å². The molecule has 1 aliphatic rings. The van der Waals surface area contributed by atoms with Crippen molar-refractivity contribution in [2.45, 2.75) is 6.92 Å². The van der Waals surface area contributed by atoms with Crippen molar-refractivity contribution in [3.8, 4) is 50.0 Å². The van der Waals surface area contributed by atoms with Gasteiger partial charge in [-0.3, -0.25) is 4.57 Å². The van der Waals surface area contributed by atoms with E-state index >= 15 is 0 Å². The fraction of sp³-hybridized carbons (Fsp3) is 0.0270. The Balaban J connectivity index is 1.39. The van der Waals surface area contributed by atoms with Crippen LogP contribution in [0.3, 0.4) is 0 Å². The molecule has 8 aromatic rings. The zero-order valence-electron chi connectivity index (χ0n) is 22.3. The number of fused-ring (bicyclic) bond motifs is 7. The zero-order chi connectivity index (χ0) is 27.1. The lowest BCUT2D eigenvalue weighted by molar-refractivity contribution is 1.05. The lowest BCUT2D eigenvalue weighted by atomic mass is 10.0. The normalized spacial score (nSPS) is 12.0. The Morgan fingerprint density at radius 3 is 2.22 bits per heavy atom. The summed E-state index contributed by atoms with van der Waals surface area (Å²) in [7, 11) is 0. The highest BCUT2D eigenvalue weighted by Crippen LogP contribution is 2.56. The molecule has 0 N–H and O–H groups in total. The molecule has 9 rings (SSSR count). The van der Waals surface area contributed by atoms with Crippen LogP contribution < -0.4 is 0 Å². The van der Waals surface area contributed by atoms with Crippen LogP contribution in [0.1, 0.15) is 5.56 Å². The summed E-state index contributed by atoms with van der Waals surface area (Å²) in [4.78, 5) is 12.9. The molecule has 0 radical (unpaired) electrons. The van der Waals surface area contributed by atoms with Crippen LogP contribution in [-0.4, -0.2) is 14.5 Å². The predicted octanol–water partition coefficient (Wildman–Crippen LogP) is 10.1. The van der Waals surface area contributed by atoms with E-state index in [-0.39, 0.29) is 0 Å². The Labute approximate surface area is 241 Å². The number of rotatable bonds is 3. The van der Waals surface area contributed by atoms with Crippen LogP contribution in [0.2, 0.25) is 0 Å². The maximum atomic E-state index is 5.23. The molecular formula is C37H23N3S. The molecule has 0 unspecified atom stereocenters. The van der Waals surface area contributed by atoms with Gasteiger partial charge in [-0.25, -0.2) is 9.97 Å². The molecular weight excluding hydrogens is 518 g/mol. The molecule has 1 aliphatic carbocycles. The van der Waals surface area contributed by atoms with Gasteiger partial charge in [0.05, 0.1) is 11.2 Å². The average Bonchev–Trinajstić information content (AvgIpc) is 3.65. The van der Waals surface area contributed by atoms with Gasteiger partial charge in [0.2, 0.25) is 0 Å². The second-order valence-electron chi connectivity index (χ2n) is 10.7. The van der Waals surface area contributed by atoms with E-state index in [0.29, 0.717) is 0 Å². The van der Waals surface area contributed by atoms with Gasteiger partial charge in [-0.2, -0.15) is 0 Å². The highest BCUT2D eigenvalue weighted by atomic mass is 32.1. The minimum absolute atomic E-state index is 0.728. The summed E-state index contributed by atoms with van der Waals surface area (Å²) in [5.41, 5.74) is 9.42. The van der Waals surface area contributed by atoms with Gasteiger partial charge in [-0.15, -0.1) is 11.3 Å². The number of aromatic nitrogens is 3. The first-order chi connectivity index (χ1) is 20.3. The lowest BCUT2D eigenvalue weighted by Crippen LogP contribution is -2.02. The third-order valence-electron chi connectivity index (χ3n) is 8.32. The van der Waals surface area contributed by atoms with Crippen molar-refractivity contribution < 1.29 is 0 Å². The molecule has 0 saturated carbocycles. The molecule has 0 fully saturated rings. The van der Waals surface area contributed by atoms with Gasteiger partial charge in [-0.05, 0) is 34.9 Å². The van der Waals surface area contributed by atoms with E-state index in [2.05, 4.69) is 115 Å². The van der Waals surface area contributed by atoms with Crippen molar-refractivity contribution in [2.24, 2.45) is 0 Å². The minimum Gasteiger partial charge on any atom is -0.285 e. The van der Waals surface area contributed by atoms with Crippen molar-refractivity contribution in [1.82, 2.24) is 14.5 Å². The molecule has 3 nitrogen and oxygen atoms in total. The molecule has 5 aromatic carbocycles. The number of thiophene rings is 1. The summed E-state index contributed by atoms with van der Waals surface area (Å²) < 4.78 is 2.35. The number of hydrogen-bond donors (Lipinski definition) is 0. The molecule has 0 amide bonds. The monoisotopic (exact) mass is 541 g/mol. The Morgan fingerprint density at radius 1 is 0.634 bits per heavy atom. The SMILES string of the molecule is Cc1ccccc1-c1cc(-n2c3ccccc3c3c4c(sc32)-c2cccc3cccc-4c23)nc(-c2ccccc2)n1. The van der Waals surface area contributed by atoms with Crippen molar-refractivity contribution >= 4 is 43.2 Å². The first kappa shape index (κ1) is 22.7. The predicted molar refractivity (Wildman–Crippen MR) is 172 cm³/mol. The molecule has 0 spiro atoms. The molecule has 41 heavy (non-hydrogen) atoms. The summed E-state index contributed by atoms with van der Waals surface area (Å²) in [5, 5.41) is 5.22. The molecule has 0 atom stereocenters. The number of benzene rings is 5. The maximum absolute atomic E-state index is 5.23. The molecule has 0 aliphatic heterocycles. The van der Waals surface area contributed by atoms with Crippen LogP contribution in [0.15, 0.2) is 121 Å². The lowest BCUT2D eigenvalue weighted by Gasteiger charge is -2.12. The molecule has 3 aromatic heterocycles. The Morgan fingerprint density at radius 2 is 1.37 bits per heavy atom. The van der Waals surface area contributed by atoms with Gasteiger partial charge in [0.15, 0.2) is 5.82 Å². The van der Waals surface area contributed by atoms with Crippen molar-refractivity contribution in [3.63, 3.8) is 0 Å². The number of nitrogens with zero attached hydrogens (tertiary/aromatic N) is 3. The van der Waals surface area contributed by atoms with Gasteiger partial charge in [0.25, 0.3) is 0 Å². The second-order valence-corrected chi connectivity index (χ2v) is 11.7. The van der Waals surface area contributed by atoms with Crippen LogP contribution in [0.4, 0.5) is 0 Å².